The third kappa shape index (κ3) is 15.2. The van der Waals surface area contributed by atoms with Gasteiger partial charge in [-0.05, 0) is 24.7 Å². The van der Waals surface area contributed by atoms with Gasteiger partial charge in [-0.3, -0.25) is 0 Å². The Kier molecular flexibility index (Phi) is 14.6. The highest BCUT2D eigenvalue weighted by Gasteiger charge is 1.90. The van der Waals surface area contributed by atoms with Crippen LogP contribution in [0.2, 0.25) is 0 Å². The predicted molar refractivity (Wildman–Crippen MR) is 77.5 cm³/mol. The normalized spacial score (nSPS) is 13.1. The van der Waals surface area contributed by atoms with Crippen molar-refractivity contribution in [2.45, 2.75) is 26.7 Å². The smallest absolute Gasteiger partial charge is 0.00814 e. The second-order valence-corrected chi connectivity index (χ2v) is 3.79. The molecule has 0 rings (SSSR count). The summed E-state index contributed by atoms with van der Waals surface area (Å²) in [5.74, 6) is 1.11. The van der Waals surface area contributed by atoms with E-state index in [-0.39, 0.29) is 0 Å². The highest BCUT2D eigenvalue weighted by molar-refractivity contribution is 5.02. The summed E-state index contributed by atoms with van der Waals surface area (Å²) in [6.45, 7) is 18.7. The first-order chi connectivity index (χ1) is 7.62. The van der Waals surface area contributed by atoms with Gasteiger partial charge < -0.3 is 0 Å². The van der Waals surface area contributed by atoms with Crippen LogP contribution in [-0.4, -0.2) is 0 Å². The van der Waals surface area contributed by atoms with E-state index in [9.17, 15) is 0 Å². The van der Waals surface area contributed by atoms with E-state index in [1.807, 2.05) is 30.4 Å². The Morgan fingerprint density at radius 2 is 1.62 bits per heavy atom. The standard InChI is InChI=1S/C8H14.C8H12/c2*1-4-6-7-8(3)5-2/h4-5,8H,1-2,6-7H2,3H3;4-8H,1-2H2,3H3. The molecule has 0 spiro atoms. The van der Waals surface area contributed by atoms with Crippen molar-refractivity contribution in [1.82, 2.24) is 0 Å². The maximum atomic E-state index is 3.68. The Morgan fingerprint density at radius 3 is 2.00 bits per heavy atom. The zero-order valence-electron chi connectivity index (χ0n) is 10.9. The highest BCUT2D eigenvalue weighted by atomic mass is 14.0. The van der Waals surface area contributed by atoms with E-state index in [2.05, 4.69) is 40.2 Å². The lowest BCUT2D eigenvalue weighted by atomic mass is 10.1. The van der Waals surface area contributed by atoms with Crippen molar-refractivity contribution in [3.8, 4) is 0 Å². The molecular formula is C16H26. The van der Waals surface area contributed by atoms with Gasteiger partial charge in [0.2, 0.25) is 0 Å². The summed E-state index contributed by atoms with van der Waals surface area (Å²) < 4.78 is 0. The summed E-state index contributed by atoms with van der Waals surface area (Å²) in [4.78, 5) is 0. The quantitative estimate of drug-likeness (QED) is 0.400. The predicted octanol–water partition coefficient (Wildman–Crippen LogP) is 5.33. The molecule has 0 aliphatic carbocycles. The lowest BCUT2D eigenvalue weighted by molar-refractivity contribution is 0.660. The second-order valence-electron chi connectivity index (χ2n) is 3.79. The highest BCUT2D eigenvalue weighted by Crippen LogP contribution is 2.04. The van der Waals surface area contributed by atoms with Crippen molar-refractivity contribution in [2.24, 2.45) is 11.8 Å². The van der Waals surface area contributed by atoms with Crippen molar-refractivity contribution < 1.29 is 0 Å². The SMILES string of the molecule is C=CC=CC(C)C=C.C=CCCC(C)C=C. The van der Waals surface area contributed by atoms with E-state index in [4.69, 9.17) is 0 Å². The van der Waals surface area contributed by atoms with Gasteiger partial charge in [0.05, 0.1) is 0 Å². The molecule has 0 saturated carbocycles. The molecule has 0 heteroatoms. The Balaban J connectivity index is 0. The fraction of sp³-hybridized carbons (Fsp3) is 0.375. The summed E-state index contributed by atoms with van der Waals surface area (Å²) in [6.07, 6.45) is 13.8. The van der Waals surface area contributed by atoms with E-state index in [0.29, 0.717) is 11.8 Å². The van der Waals surface area contributed by atoms with Crippen molar-refractivity contribution in [3.05, 3.63) is 62.8 Å². The molecule has 0 aliphatic rings. The molecule has 2 atom stereocenters. The molecule has 0 aromatic heterocycles. The molecule has 0 heterocycles. The van der Waals surface area contributed by atoms with Gasteiger partial charge in [-0.1, -0.05) is 56.9 Å². The average molecular weight is 218 g/mol. The number of hydrogen-bond donors (Lipinski definition) is 0. The maximum absolute atomic E-state index is 3.68. The largest absolute Gasteiger partial charge is 0.103 e. The molecule has 0 aromatic rings. The van der Waals surface area contributed by atoms with Crippen LogP contribution in [0.5, 0.6) is 0 Å². The van der Waals surface area contributed by atoms with Gasteiger partial charge in [0, 0.05) is 0 Å². The minimum Gasteiger partial charge on any atom is -0.103 e. The van der Waals surface area contributed by atoms with Crippen LogP contribution >= 0.6 is 0 Å². The number of hydrogen-bond acceptors (Lipinski definition) is 0. The van der Waals surface area contributed by atoms with E-state index in [1.54, 1.807) is 6.08 Å². The molecule has 0 N–H and O–H groups in total. The summed E-state index contributed by atoms with van der Waals surface area (Å²) >= 11 is 0. The minimum absolute atomic E-state index is 0.466. The third-order valence-corrected chi connectivity index (χ3v) is 2.15. The monoisotopic (exact) mass is 218 g/mol. The topological polar surface area (TPSA) is 0 Å². The fourth-order valence-corrected chi connectivity index (χ4v) is 0.831. The van der Waals surface area contributed by atoms with Crippen molar-refractivity contribution in [3.63, 3.8) is 0 Å². The van der Waals surface area contributed by atoms with Crippen LogP contribution in [0.1, 0.15) is 26.7 Å². The molecule has 0 nitrogen and oxygen atoms in total. The summed E-state index contributed by atoms with van der Waals surface area (Å²) in [7, 11) is 0. The summed E-state index contributed by atoms with van der Waals surface area (Å²) in [6, 6.07) is 0. The number of allylic oxidation sites excluding steroid dienone is 6. The lowest BCUT2D eigenvalue weighted by Gasteiger charge is -1.99. The fourth-order valence-electron chi connectivity index (χ4n) is 0.831. The Bertz CT molecular complexity index is 220. The van der Waals surface area contributed by atoms with Crippen LogP contribution in [0, 0.1) is 11.8 Å². The van der Waals surface area contributed by atoms with Crippen LogP contribution in [0.15, 0.2) is 62.8 Å². The van der Waals surface area contributed by atoms with Crippen molar-refractivity contribution in [2.75, 3.05) is 0 Å². The van der Waals surface area contributed by atoms with Crippen LogP contribution in [0.25, 0.3) is 0 Å². The van der Waals surface area contributed by atoms with Crippen LogP contribution in [0.3, 0.4) is 0 Å². The number of rotatable bonds is 7. The van der Waals surface area contributed by atoms with Gasteiger partial charge in [-0.15, -0.1) is 19.7 Å². The molecule has 0 amide bonds. The first kappa shape index (κ1) is 17.1. The van der Waals surface area contributed by atoms with Gasteiger partial charge in [0.15, 0.2) is 0 Å². The van der Waals surface area contributed by atoms with E-state index in [1.165, 1.54) is 6.42 Å². The lowest BCUT2D eigenvalue weighted by Crippen LogP contribution is -1.85. The van der Waals surface area contributed by atoms with Crippen LogP contribution in [0.4, 0.5) is 0 Å². The first-order valence-electron chi connectivity index (χ1n) is 5.77. The molecule has 0 aromatic carbocycles. The molecule has 0 aliphatic heterocycles. The minimum atomic E-state index is 0.466. The van der Waals surface area contributed by atoms with Crippen molar-refractivity contribution >= 4 is 0 Å². The van der Waals surface area contributed by atoms with Crippen molar-refractivity contribution in [1.29, 1.82) is 0 Å². The van der Waals surface area contributed by atoms with E-state index < -0.39 is 0 Å². The van der Waals surface area contributed by atoms with Gasteiger partial charge in [-0.2, -0.15) is 0 Å². The Hall–Kier alpha value is -1.30. The maximum Gasteiger partial charge on any atom is -0.00814 e. The summed E-state index contributed by atoms with van der Waals surface area (Å²) in [5.41, 5.74) is 0. The molecule has 0 fully saturated rings. The van der Waals surface area contributed by atoms with Crippen LogP contribution in [-0.2, 0) is 0 Å². The van der Waals surface area contributed by atoms with Gasteiger partial charge in [-0.25, -0.2) is 0 Å². The second kappa shape index (κ2) is 13.7. The Morgan fingerprint density at radius 1 is 1.00 bits per heavy atom. The first-order valence-corrected chi connectivity index (χ1v) is 5.77. The Labute approximate surface area is 102 Å². The molecular weight excluding hydrogens is 192 g/mol. The molecule has 2 unspecified atom stereocenters. The molecule has 0 bridgehead atoms. The van der Waals surface area contributed by atoms with Gasteiger partial charge in [0.25, 0.3) is 0 Å². The van der Waals surface area contributed by atoms with E-state index >= 15 is 0 Å². The zero-order valence-corrected chi connectivity index (χ0v) is 10.9. The van der Waals surface area contributed by atoms with Crippen LogP contribution < -0.4 is 0 Å². The zero-order chi connectivity index (χ0) is 12.8. The molecule has 90 valence electrons. The van der Waals surface area contributed by atoms with E-state index in [0.717, 1.165) is 6.42 Å². The molecule has 0 saturated heterocycles. The molecule has 16 heavy (non-hydrogen) atoms. The average Bonchev–Trinajstić information content (AvgIpc) is 2.33. The summed E-state index contributed by atoms with van der Waals surface area (Å²) in [5, 5.41) is 0. The van der Waals surface area contributed by atoms with Gasteiger partial charge in [0.1, 0.15) is 0 Å². The third-order valence-electron chi connectivity index (χ3n) is 2.15. The van der Waals surface area contributed by atoms with Gasteiger partial charge >= 0.3 is 0 Å². The molecule has 0 radical (unpaired) electrons.